The summed E-state index contributed by atoms with van der Waals surface area (Å²) in [5.41, 5.74) is 0.631. The second-order valence-corrected chi connectivity index (χ2v) is 4.02. The molecule has 0 aromatic heterocycles. The van der Waals surface area contributed by atoms with Crippen LogP contribution in [0.2, 0.25) is 0 Å². The zero-order valence-corrected chi connectivity index (χ0v) is 9.09. The van der Waals surface area contributed by atoms with E-state index in [0.717, 1.165) is 0 Å². The van der Waals surface area contributed by atoms with Gasteiger partial charge in [-0.25, -0.2) is 4.39 Å². The highest BCUT2D eigenvalue weighted by molar-refractivity contribution is 5.37. The highest BCUT2D eigenvalue weighted by Crippen LogP contribution is 2.30. The van der Waals surface area contributed by atoms with Gasteiger partial charge in [-0.2, -0.15) is 0 Å². The first-order chi connectivity index (χ1) is 7.22. The Balaban J connectivity index is 2.22. The minimum absolute atomic E-state index is 0.00801. The maximum absolute atomic E-state index is 13.6. The first-order valence-electron chi connectivity index (χ1n) is 5.31. The third-order valence-corrected chi connectivity index (χ3v) is 2.73. The topological polar surface area (TPSA) is 21.3 Å². The van der Waals surface area contributed by atoms with Crippen LogP contribution in [0.25, 0.3) is 0 Å². The maximum Gasteiger partial charge on any atom is 0.131 e. The molecule has 0 amide bonds. The average molecular weight is 209 g/mol. The van der Waals surface area contributed by atoms with E-state index in [1.165, 1.54) is 18.9 Å². The lowest BCUT2D eigenvalue weighted by molar-refractivity contribution is 0.393. The Labute approximate surface area is 89.4 Å². The van der Waals surface area contributed by atoms with E-state index >= 15 is 0 Å². The first kappa shape index (κ1) is 10.4. The number of nitrogens with one attached hydrogen (secondary N) is 1. The van der Waals surface area contributed by atoms with Crippen LogP contribution in [-0.2, 0) is 0 Å². The molecular weight excluding hydrogens is 193 g/mol. The molecular formula is C12H16FNO. The van der Waals surface area contributed by atoms with Gasteiger partial charge < -0.3 is 10.1 Å². The Morgan fingerprint density at radius 1 is 1.47 bits per heavy atom. The molecule has 1 atom stereocenters. The molecule has 2 rings (SSSR count). The van der Waals surface area contributed by atoms with Gasteiger partial charge in [-0.05, 0) is 31.9 Å². The third-order valence-electron chi connectivity index (χ3n) is 2.73. The van der Waals surface area contributed by atoms with Gasteiger partial charge in [-0.15, -0.1) is 0 Å². The van der Waals surface area contributed by atoms with Crippen molar-refractivity contribution in [1.29, 1.82) is 0 Å². The van der Waals surface area contributed by atoms with Crippen LogP contribution in [0.4, 0.5) is 4.39 Å². The SMILES string of the molecule is COc1cccc(F)c1C(C)NC1CC1. The van der Waals surface area contributed by atoms with Crippen LogP contribution >= 0.6 is 0 Å². The molecule has 0 bridgehead atoms. The van der Waals surface area contributed by atoms with Crippen LogP contribution < -0.4 is 10.1 Å². The average Bonchev–Trinajstić information content (AvgIpc) is 3.00. The molecule has 1 N–H and O–H groups in total. The minimum atomic E-state index is -0.199. The van der Waals surface area contributed by atoms with Crippen molar-refractivity contribution in [3.63, 3.8) is 0 Å². The quantitative estimate of drug-likeness (QED) is 0.823. The first-order valence-corrected chi connectivity index (χ1v) is 5.31. The van der Waals surface area contributed by atoms with Gasteiger partial charge in [0.15, 0.2) is 0 Å². The standard InChI is InChI=1S/C12H16FNO/c1-8(14-9-6-7-9)12-10(13)4-3-5-11(12)15-2/h3-5,8-9,14H,6-7H2,1-2H3. The number of benzene rings is 1. The molecule has 0 heterocycles. The van der Waals surface area contributed by atoms with Gasteiger partial charge in [0, 0.05) is 17.6 Å². The van der Waals surface area contributed by atoms with E-state index in [0.29, 0.717) is 17.4 Å². The Hall–Kier alpha value is -1.09. The van der Waals surface area contributed by atoms with Crippen molar-refractivity contribution in [3.05, 3.63) is 29.6 Å². The van der Waals surface area contributed by atoms with Gasteiger partial charge in [0.1, 0.15) is 11.6 Å². The predicted molar refractivity (Wildman–Crippen MR) is 57.5 cm³/mol. The molecule has 0 spiro atoms. The fourth-order valence-electron chi connectivity index (χ4n) is 1.80. The normalized spacial score (nSPS) is 17.5. The molecule has 1 aromatic carbocycles. The number of ether oxygens (including phenoxy) is 1. The number of hydrogen-bond donors (Lipinski definition) is 1. The predicted octanol–water partition coefficient (Wildman–Crippen LogP) is 2.65. The second-order valence-electron chi connectivity index (χ2n) is 4.02. The summed E-state index contributed by atoms with van der Waals surface area (Å²) >= 11 is 0. The van der Waals surface area contributed by atoms with Gasteiger partial charge in [-0.3, -0.25) is 0 Å². The van der Waals surface area contributed by atoms with E-state index in [9.17, 15) is 4.39 Å². The lowest BCUT2D eigenvalue weighted by Gasteiger charge is -2.17. The van der Waals surface area contributed by atoms with Crippen molar-refractivity contribution in [3.8, 4) is 5.75 Å². The molecule has 3 heteroatoms. The minimum Gasteiger partial charge on any atom is -0.496 e. The Morgan fingerprint density at radius 3 is 2.80 bits per heavy atom. The molecule has 1 fully saturated rings. The molecule has 2 nitrogen and oxygen atoms in total. The summed E-state index contributed by atoms with van der Waals surface area (Å²) < 4.78 is 18.8. The zero-order valence-electron chi connectivity index (χ0n) is 9.09. The van der Waals surface area contributed by atoms with Crippen molar-refractivity contribution < 1.29 is 9.13 Å². The van der Waals surface area contributed by atoms with E-state index in [1.54, 1.807) is 19.2 Å². The summed E-state index contributed by atoms with van der Waals surface area (Å²) in [4.78, 5) is 0. The van der Waals surface area contributed by atoms with Crippen LogP contribution in [0.3, 0.4) is 0 Å². The molecule has 15 heavy (non-hydrogen) atoms. The van der Waals surface area contributed by atoms with E-state index in [2.05, 4.69) is 5.32 Å². The molecule has 1 aliphatic carbocycles. The van der Waals surface area contributed by atoms with Gasteiger partial charge in [0.05, 0.1) is 7.11 Å². The smallest absolute Gasteiger partial charge is 0.131 e. The Bertz CT molecular complexity index is 349. The zero-order chi connectivity index (χ0) is 10.8. The summed E-state index contributed by atoms with van der Waals surface area (Å²) in [6.45, 7) is 1.97. The van der Waals surface area contributed by atoms with Crippen molar-refractivity contribution >= 4 is 0 Å². The molecule has 82 valence electrons. The summed E-state index contributed by atoms with van der Waals surface area (Å²) in [6.07, 6.45) is 2.39. The Morgan fingerprint density at radius 2 is 2.20 bits per heavy atom. The van der Waals surface area contributed by atoms with Gasteiger partial charge in [0.2, 0.25) is 0 Å². The highest BCUT2D eigenvalue weighted by Gasteiger charge is 2.25. The lowest BCUT2D eigenvalue weighted by Crippen LogP contribution is -2.22. The van der Waals surface area contributed by atoms with E-state index in [4.69, 9.17) is 4.74 Å². The monoisotopic (exact) mass is 209 g/mol. The van der Waals surface area contributed by atoms with Crippen LogP contribution in [0.5, 0.6) is 5.75 Å². The van der Waals surface area contributed by atoms with Gasteiger partial charge in [0.25, 0.3) is 0 Å². The van der Waals surface area contributed by atoms with E-state index < -0.39 is 0 Å². The summed E-state index contributed by atoms with van der Waals surface area (Å²) in [5.74, 6) is 0.422. The maximum atomic E-state index is 13.6. The number of methoxy groups -OCH3 is 1. The highest BCUT2D eigenvalue weighted by atomic mass is 19.1. The van der Waals surface area contributed by atoms with Gasteiger partial charge >= 0.3 is 0 Å². The van der Waals surface area contributed by atoms with Gasteiger partial charge in [-0.1, -0.05) is 6.07 Å². The molecule has 1 aromatic rings. The number of halogens is 1. The summed E-state index contributed by atoms with van der Waals surface area (Å²) in [5, 5.41) is 3.37. The molecule has 0 radical (unpaired) electrons. The number of hydrogen-bond acceptors (Lipinski definition) is 2. The molecule has 1 unspecified atom stereocenters. The van der Waals surface area contributed by atoms with E-state index in [1.807, 2.05) is 6.92 Å². The molecule has 0 saturated heterocycles. The van der Waals surface area contributed by atoms with Crippen molar-refractivity contribution in [2.45, 2.75) is 31.8 Å². The second kappa shape index (κ2) is 4.19. The van der Waals surface area contributed by atoms with Crippen molar-refractivity contribution in [2.75, 3.05) is 7.11 Å². The third kappa shape index (κ3) is 2.29. The van der Waals surface area contributed by atoms with Crippen LogP contribution in [0, 0.1) is 5.82 Å². The fourth-order valence-corrected chi connectivity index (χ4v) is 1.80. The fraction of sp³-hybridized carbons (Fsp3) is 0.500. The van der Waals surface area contributed by atoms with Crippen molar-refractivity contribution in [1.82, 2.24) is 5.32 Å². The van der Waals surface area contributed by atoms with Crippen LogP contribution in [-0.4, -0.2) is 13.2 Å². The molecule has 0 aliphatic heterocycles. The number of rotatable bonds is 4. The largest absolute Gasteiger partial charge is 0.496 e. The lowest BCUT2D eigenvalue weighted by atomic mass is 10.1. The molecule has 1 aliphatic rings. The molecule has 1 saturated carbocycles. The Kier molecular flexibility index (Phi) is 2.91. The van der Waals surface area contributed by atoms with Crippen LogP contribution in [0.1, 0.15) is 31.4 Å². The van der Waals surface area contributed by atoms with Crippen molar-refractivity contribution in [2.24, 2.45) is 0 Å². The summed E-state index contributed by atoms with van der Waals surface area (Å²) in [7, 11) is 1.57. The van der Waals surface area contributed by atoms with Crippen LogP contribution in [0.15, 0.2) is 18.2 Å². The van der Waals surface area contributed by atoms with E-state index in [-0.39, 0.29) is 11.9 Å². The summed E-state index contributed by atoms with van der Waals surface area (Å²) in [6, 6.07) is 5.51.